The first kappa shape index (κ1) is 45.2. The molecule has 336 valence electrons. The maximum absolute atomic E-state index is 11.0. The van der Waals surface area contributed by atoms with Crippen molar-refractivity contribution in [3.05, 3.63) is 179 Å². The van der Waals surface area contributed by atoms with E-state index in [1.807, 2.05) is 31.9 Å². The van der Waals surface area contributed by atoms with E-state index in [-0.39, 0.29) is 53.8 Å². The summed E-state index contributed by atoms with van der Waals surface area (Å²) in [5.41, 5.74) is 7.32. The Morgan fingerprint density at radius 3 is 1.27 bits per heavy atom. The van der Waals surface area contributed by atoms with E-state index in [1.165, 1.54) is 0 Å². The second-order valence-corrected chi connectivity index (χ2v) is 15.6. The molecule has 0 aliphatic rings. The number of hydrogen-bond donors (Lipinski definition) is 9. The summed E-state index contributed by atoms with van der Waals surface area (Å²) in [6.45, 7) is 1.61. The molecule has 6 aromatic carbocycles. The first-order chi connectivity index (χ1) is 31.6. The molecule has 0 saturated carbocycles. The third-order valence-corrected chi connectivity index (χ3v) is 10.8. The van der Waals surface area contributed by atoms with E-state index in [9.17, 15) is 45.0 Å². The predicted octanol–water partition coefficient (Wildman–Crippen LogP) is 8.18. The van der Waals surface area contributed by atoms with Gasteiger partial charge in [0.2, 0.25) is 0 Å². The standard InChI is InChI=1S/3C17H15NO4/c19-13-3-1-11(2-4-13)9-18-10-12(7-17(21)22)15-8-14(20)5-6-16(15)18;19-13-3-1-11(2-4-13)9-18-10-12(7-17(21)22)15-6-5-14(20)8-16(15)18;19-13-6-4-11(5-7-13)9-18-10-12(8-16(21)22)17-14(18)2-1-3-15(17)20/h2*1-6,8,10,19-20H,7,9H2,(H,21,22);1-7,10,19-20H,8-9H2,(H,21,22). The minimum Gasteiger partial charge on any atom is -0.508 e. The van der Waals surface area contributed by atoms with Gasteiger partial charge in [-0.2, -0.15) is 0 Å². The molecule has 3 heterocycles. The van der Waals surface area contributed by atoms with Gasteiger partial charge in [-0.05, 0) is 112 Å². The van der Waals surface area contributed by atoms with Crippen LogP contribution in [0.3, 0.4) is 0 Å². The van der Waals surface area contributed by atoms with Crippen LogP contribution in [0.5, 0.6) is 34.5 Å². The Kier molecular flexibility index (Phi) is 13.5. The van der Waals surface area contributed by atoms with E-state index in [4.69, 9.17) is 15.3 Å². The van der Waals surface area contributed by atoms with E-state index < -0.39 is 17.9 Å². The lowest BCUT2D eigenvalue weighted by molar-refractivity contribution is -0.137. The summed E-state index contributed by atoms with van der Waals surface area (Å²) in [7, 11) is 0. The van der Waals surface area contributed by atoms with Crippen LogP contribution in [-0.4, -0.2) is 77.6 Å². The summed E-state index contributed by atoms with van der Waals surface area (Å²) in [6, 6.07) is 35.5. The molecule has 9 aromatic rings. The Hall–Kier alpha value is -8.85. The molecule has 0 unspecified atom stereocenters. The van der Waals surface area contributed by atoms with Crippen molar-refractivity contribution in [1.29, 1.82) is 0 Å². The number of aromatic nitrogens is 3. The highest BCUT2D eigenvalue weighted by atomic mass is 16.4. The molecule has 9 N–H and O–H groups in total. The topological polar surface area (TPSA) is 248 Å². The van der Waals surface area contributed by atoms with Gasteiger partial charge in [-0.3, -0.25) is 14.4 Å². The summed E-state index contributed by atoms with van der Waals surface area (Å²) in [5.74, 6) is -1.80. The molecule has 15 nitrogen and oxygen atoms in total. The van der Waals surface area contributed by atoms with Crippen LogP contribution in [0.25, 0.3) is 32.7 Å². The van der Waals surface area contributed by atoms with Crippen LogP contribution in [0.1, 0.15) is 33.4 Å². The van der Waals surface area contributed by atoms with Crippen molar-refractivity contribution in [1.82, 2.24) is 13.7 Å². The number of carbonyl (C=O) groups is 3. The molecule has 0 radical (unpaired) electrons. The average molecular weight is 892 g/mol. The Morgan fingerprint density at radius 2 is 0.773 bits per heavy atom. The van der Waals surface area contributed by atoms with Crippen molar-refractivity contribution in [3.8, 4) is 34.5 Å². The molecule has 0 fully saturated rings. The monoisotopic (exact) mass is 891 g/mol. The van der Waals surface area contributed by atoms with Gasteiger partial charge in [0.1, 0.15) is 34.5 Å². The molecule has 66 heavy (non-hydrogen) atoms. The molecule has 3 aromatic heterocycles. The third-order valence-electron chi connectivity index (χ3n) is 10.8. The van der Waals surface area contributed by atoms with Gasteiger partial charge in [-0.15, -0.1) is 0 Å². The fourth-order valence-electron chi connectivity index (χ4n) is 7.83. The molecule has 0 spiro atoms. The Morgan fingerprint density at radius 1 is 0.379 bits per heavy atom. The summed E-state index contributed by atoms with van der Waals surface area (Å²) >= 11 is 0. The molecule has 0 bridgehead atoms. The average Bonchev–Trinajstić information content (AvgIpc) is 3.90. The van der Waals surface area contributed by atoms with Crippen LogP contribution in [0, 0.1) is 0 Å². The lowest BCUT2D eigenvalue weighted by atomic mass is 10.1. The minimum absolute atomic E-state index is 0.0656. The summed E-state index contributed by atoms with van der Waals surface area (Å²) < 4.78 is 5.75. The van der Waals surface area contributed by atoms with E-state index in [1.54, 1.807) is 128 Å². The zero-order valence-corrected chi connectivity index (χ0v) is 35.2. The number of nitrogens with zero attached hydrogens (tertiary/aromatic N) is 3. The van der Waals surface area contributed by atoms with Crippen LogP contribution >= 0.6 is 0 Å². The van der Waals surface area contributed by atoms with Crippen LogP contribution in [-0.2, 0) is 53.3 Å². The smallest absolute Gasteiger partial charge is 0.307 e. The highest BCUT2D eigenvalue weighted by Crippen LogP contribution is 2.32. The molecule has 0 amide bonds. The van der Waals surface area contributed by atoms with Crippen LogP contribution < -0.4 is 0 Å². The van der Waals surface area contributed by atoms with E-state index in [0.717, 1.165) is 44.0 Å². The molecular formula is C51H45N3O12. The molecule has 9 rings (SSSR count). The van der Waals surface area contributed by atoms with Crippen molar-refractivity contribution in [2.45, 2.75) is 38.9 Å². The normalized spacial score (nSPS) is 10.9. The molecular weight excluding hydrogens is 847 g/mol. The number of aromatic hydroxyl groups is 6. The first-order valence-corrected chi connectivity index (χ1v) is 20.5. The van der Waals surface area contributed by atoms with E-state index in [2.05, 4.69) is 0 Å². The third kappa shape index (κ3) is 11.0. The van der Waals surface area contributed by atoms with E-state index >= 15 is 0 Å². The molecule has 0 aliphatic carbocycles. The van der Waals surface area contributed by atoms with Crippen molar-refractivity contribution in [3.63, 3.8) is 0 Å². The van der Waals surface area contributed by atoms with Crippen LogP contribution in [0.4, 0.5) is 0 Å². The number of phenols is 6. The molecule has 15 heteroatoms. The second-order valence-electron chi connectivity index (χ2n) is 15.6. The van der Waals surface area contributed by atoms with Crippen molar-refractivity contribution >= 4 is 50.6 Å². The summed E-state index contributed by atoms with van der Waals surface area (Å²) in [6.07, 6.45) is 5.05. The largest absolute Gasteiger partial charge is 0.508 e. The van der Waals surface area contributed by atoms with Gasteiger partial charge in [0.05, 0.1) is 30.3 Å². The number of hydrogen-bond acceptors (Lipinski definition) is 9. The fourth-order valence-corrected chi connectivity index (χ4v) is 7.83. The Labute approximate surface area is 376 Å². The minimum atomic E-state index is -0.938. The van der Waals surface area contributed by atoms with Crippen molar-refractivity contribution in [2.75, 3.05) is 0 Å². The van der Waals surface area contributed by atoms with Gasteiger partial charge < -0.3 is 59.7 Å². The van der Waals surface area contributed by atoms with Crippen molar-refractivity contribution < 1.29 is 60.3 Å². The van der Waals surface area contributed by atoms with Crippen LogP contribution in [0.15, 0.2) is 146 Å². The summed E-state index contributed by atoms with van der Waals surface area (Å²) in [4.78, 5) is 33.0. The lowest BCUT2D eigenvalue weighted by Crippen LogP contribution is -2.00. The number of benzene rings is 6. The SMILES string of the molecule is O=C(O)Cc1cn(Cc2ccc(O)cc2)c2cc(O)ccc12.O=C(O)Cc1cn(Cc2ccc(O)cc2)c2ccc(O)cc12.O=C(O)Cc1cn(Cc2ccc(O)cc2)c2cccc(O)c12. The quantitative estimate of drug-likeness (QED) is 0.0564. The zero-order chi connectivity index (χ0) is 47.1. The molecule has 0 aliphatic heterocycles. The summed E-state index contributed by atoms with van der Waals surface area (Å²) in [5, 5.41) is 86.6. The Bertz CT molecular complexity index is 3130. The molecule has 0 atom stereocenters. The number of fused-ring (bicyclic) bond motifs is 3. The first-order valence-electron chi connectivity index (χ1n) is 20.5. The number of phenolic OH excluding ortho intramolecular Hbond substituents is 6. The van der Waals surface area contributed by atoms with Gasteiger partial charge >= 0.3 is 17.9 Å². The van der Waals surface area contributed by atoms with Crippen molar-refractivity contribution in [2.24, 2.45) is 0 Å². The lowest BCUT2D eigenvalue weighted by Gasteiger charge is -2.06. The number of carboxylic acid groups (broad SMARTS) is 3. The van der Waals surface area contributed by atoms with Gasteiger partial charge in [0, 0.05) is 66.0 Å². The zero-order valence-electron chi connectivity index (χ0n) is 35.2. The van der Waals surface area contributed by atoms with Gasteiger partial charge in [-0.25, -0.2) is 0 Å². The van der Waals surface area contributed by atoms with Gasteiger partial charge in [-0.1, -0.05) is 42.5 Å². The van der Waals surface area contributed by atoms with Crippen LogP contribution in [0.2, 0.25) is 0 Å². The molecule has 0 saturated heterocycles. The maximum Gasteiger partial charge on any atom is 0.307 e. The van der Waals surface area contributed by atoms with Gasteiger partial charge in [0.25, 0.3) is 0 Å². The predicted molar refractivity (Wildman–Crippen MR) is 246 cm³/mol. The number of aliphatic carboxylic acids is 3. The van der Waals surface area contributed by atoms with E-state index in [0.29, 0.717) is 41.7 Å². The highest BCUT2D eigenvalue weighted by Gasteiger charge is 2.16. The number of rotatable bonds is 12. The maximum atomic E-state index is 11.0. The Balaban J connectivity index is 0.000000147. The fraction of sp³-hybridized carbons (Fsp3) is 0.118. The second kappa shape index (κ2) is 19.7. The number of carboxylic acids is 3. The highest BCUT2D eigenvalue weighted by molar-refractivity contribution is 5.93. The van der Waals surface area contributed by atoms with Gasteiger partial charge in [0.15, 0.2) is 0 Å².